The van der Waals surface area contributed by atoms with Gasteiger partial charge in [-0.25, -0.2) is 13.8 Å². The Labute approximate surface area is 184 Å². The van der Waals surface area contributed by atoms with E-state index in [4.69, 9.17) is 22.1 Å². The van der Waals surface area contributed by atoms with Gasteiger partial charge < -0.3 is 10.5 Å². The fourth-order valence-electron chi connectivity index (χ4n) is 3.02. The second-order valence-corrected chi connectivity index (χ2v) is 7.01. The zero-order valence-electron chi connectivity index (χ0n) is 16.4. The number of primary amides is 1. The van der Waals surface area contributed by atoms with Gasteiger partial charge in [-0.1, -0.05) is 29.3 Å². The first-order chi connectivity index (χ1) is 13.8. The van der Waals surface area contributed by atoms with Crippen molar-refractivity contribution in [2.75, 3.05) is 6.61 Å². The first-order valence-electron chi connectivity index (χ1n) is 9.00. The van der Waals surface area contributed by atoms with Crippen LogP contribution in [0.15, 0.2) is 36.4 Å². The molecule has 0 bridgehead atoms. The van der Waals surface area contributed by atoms with E-state index in [0.29, 0.717) is 17.9 Å². The number of hydrogen-bond donors (Lipinski definition) is 1. The normalized spacial score (nSPS) is 10.6. The molecule has 0 aliphatic heterocycles. The minimum atomic E-state index is -0.829. The van der Waals surface area contributed by atoms with Crippen molar-refractivity contribution in [2.24, 2.45) is 5.73 Å². The summed E-state index contributed by atoms with van der Waals surface area (Å²) in [5.41, 5.74) is 6.63. The lowest BCUT2D eigenvalue weighted by Crippen LogP contribution is -2.12. The van der Waals surface area contributed by atoms with Crippen molar-refractivity contribution in [2.45, 2.75) is 26.7 Å². The van der Waals surface area contributed by atoms with E-state index in [2.05, 4.69) is 4.98 Å². The average molecular weight is 456 g/mol. The molecule has 2 aromatic carbocycles. The Bertz CT molecular complexity index is 1030. The molecular formula is C21H21Cl2F2N3O2. The maximum atomic E-state index is 14.9. The summed E-state index contributed by atoms with van der Waals surface area (Å²) in [5.74, 6) is -1.60. The van der Waals surface area contributed by atoms with Crippen molar-refractivity contribution in [3.63, 3.8) is 0 Å². The molecule has 0 aliphatic carbocycles. The number of amides is 1. The van der Waals surface area contributed by atoms with Crippen LogP contribution in [0.1, 0.15) is 24.2 Å². The lowest BCUT2D eigenvalue weighted by Gasteiger charge is -2.14. The van der Waals surface area contributed by atoms with Crippen LogP contribution in [0.4, 0.5) is 8.78 Å². The number of aryl methyl sites for hydroxylation is 2. The van der Waals surface area contributed by atoms with Gasteiger partial charge in [0.25, 0.3) is 0 Å². The number of aromatic nitrogens is 2. The zero-order valence-corrected chi connectivity index (χ0v) is 18.0. The van der Waals surface area contributed by atoms with E-state index in [9.17, 15) is 13.6 Å². The van der Waals surface area contributed by atoms with E-state index in [1.54, 1.807) is 11.5 Å². The monoisotopic (exact) mass is 455 g/mol. The first kappa shape index (κ1) is 23.6. The Hall–Kier alpha value is -2.64. The highest BCUT2D eigenvalue weighted by atomic mass is 35.5. The molecule has 1 amide bonds. The first-order valence-corrected chi connectivity index (χ1v) is 9.38. The van der Waals surface area contributed by atoms with E-state index in [0.717, 1.165) is 17.7 Å². The molecule has 3 rings (SSSR count). The van der Waals surface area contributed by atoms with Crippen LogP contribution in [0.25, 0.3) is 16.9 Å². The molecule has 1 aromatic heterocycles. The molecule has 0 saturated heterocycles. The topological polar surface area (TPSA) is 70.1 Å². The van der Waals surface area contributed by atoms with Gasteiger partial charge in [-0.2, -0.15) is 0 Å². The van der Waals surface area contributed by atoms with E-state index in [1.165, 1.54) is 0 Å². The molecule has 0 unspecified atom stereocenters. The largest absolute Gasteiger partial charge is 0.493 e. The van der Waals surface area contributed by atoms with Gasteiger partial charge in [-0.3, -0.25) is 9.36 Å². The Balaban J connectivity index is 0.00000320. The van der Waals surface area contributed by atoms with E-state index < -0.39 is 17.5 Å². The SMILES string of the molecule is Cc1ccc(-n2c(C)nc(Cl)c2-c2c(F)cc(OCCCC(N)=O)cc2F)cc1.Cl. The molecule has 9 heteroatoms. The minimum Gasteiger partial charge on any atom is -0.493 e. The number of carbonyl (C=O) groups is 1. The smallest absolute Gasteiger partial charge is 0.217 e. The van der Waals surface area contributed by atoms with E-state index in [1.807, 2.05) is 31.2 Å². The highest BCUT2D eigenvalue weighted by molar-refractivity contribution is 6.32. The van der Waals surface area contributed by atoms with Gasteiger partial charge in [0, 0.05) is 24.2 Å². The lowest BCUT2D eigenvalue weighted by atomic mass is 10.1. The van der Waals surface area contributed by atoms with Gasteiger partial charge in [0.15, 0.2) is 5.15 Å². The number of ether oxygens (including phenoxy) is 1. The molecule has 160 valence electrons. The Kier molecular flexibility index (Phi) is 7.81. The van der Waals surface area contributed by atoms with E-state index >= 15 is 0 Å². The highest BCUT2D eigenvalue weighted by Crippen LogP contribution is 2.36. The van der Waals surface area contributed by atoms with Crippen LogP contribution in [0.3, 0.4) is 0 Å². The van der Waals surface area contributed by atoms with Crippen LogP contribution >= 0.6 is 24.0 Å². The van der Waals surface area contributed by atoms with Gasteiger partial charge in [0.2, 0.25) is 5.91 Å². The lowest BCUT2D eigenvalue weighted by molar-refractivity contribution is -0.118. The second-order valence-electron chi connectivity index (χ2n) is 6.65. The summed E-state index contributed by atoms with van der Waals surface area (Å²) >= 11 is 6.24. The average Bonchev–Trinajstić information content (AvgIpc) is 2.93. The standard InChI is InChI=1S/C21H20ClF2N3O2.ClH/c1-12-5-7-14(8-6-12)27-13(2)26-21(22)20(27)19-16(23)10-15(11-17(19)24)29-9-3-4-18(25)28;/h5-8,10-11H,3-4,9H2,1-2H3,(H2,25,28);1H. The summed E-state index contributed by atoms with van der Waals surface area (Å²) in [6.07, 6.45) is 0.485. The van der Waals surface area contributed by atoms with Crippen molar-refractivity contribution >= 4 is 29.9 Å². The third kappa shape index (κ3) is 5.09. The predicted molar refractivity (Wildman–Crippen MR) is 115 cm³/mol. The molecule has 0 atom stereocenters. The van der Waals surface area contributed by atoms with Crippen molar-refractivity contribution in [1.29, 1.82) is 0 Å². The Morgan fingerprint density at radius 1 is 1.17 bits per heavy atom. The van der Waals surface area contributed by atoms with Gasteiger partial charge in [-0.15, -0.1) is 12.4 Å². The number of imidazole rings is 1. The second kappa shape index (κ2) is 9.91. The number of hydrogen-bond acceptors (Lipinski definition) is 3. The Morgan fingerprint density at radius 3 is 2.33 bits per heavy atom. The Morgan fingerprint density at radius 2 is 1.77 bits per heavy atom. The fourth-order valence-corrected chi connectivity index (χ4v) is 3.32. The van der Waals surface area contributed by atoms with Crippen molar-refractivity contribution < 1.29 is 18.3 Å². The summed E-state index contributed by atoms with van der Waals surface area (Å²) < 4.78 is 36.7. The predicted octanol–water partition coefficient (Wildman–Crippen LogP) is 5.15. The summed E-state index contributed by atoms with van der Waals surface area (Å²) in [7, 11) is 0. The molecular weight excluding hydrogens is 435 g/mol. The van der Waals surface area contributed by atoms with Gasteiger partial charge in [0.1, 0.15) is 23.2 Å². The number of rotatable bonds is 7. The maximum Gasteiger partial charge on any atom is 0.217 e. The maximum absolute atomic E-state index is 14.9. The van der Waals surface area contributed by atoms with Crippen molar-refractivity contribution in [3.8, 4) is 22.7 Å². The van der Waals surface area contributed by atoms with Crippen LogP contribution in [-0.4, -0.2) is 22.1 Å². The molecule has 3 aromatic rings. The molecule has 30 heavy (non-hydrogen) atoms. The molecule has 2 N–H and O–H groups in total. The van der Waals surface area contributed by atoms with Crippen molar-refractivity contribution in [1.82, 2.24) is 9.55 Å². The number of halogens is 4. The number of carbonyl (C=O) groups excluding carboxylic acids is 1. The molecule has 0 radical (unpaired) electrons. The third-order valence-corrected chi connectivity index (χ3v) is 4.65. The molecule has 0 fully saturated rings. The summed E-state index contributed by atoms with van der Waals surface area (Å²) in [5, 5.41) is -0.00370. The number of benzene rings is 2. The highest BCUT2D eigenvalue weighted by Gasteiger charge is 2.24. The van der Waals surface area contributed by atoms with Crippen molar-refractivity contribution in [3.05, 3.63) is 64.6 Å². The van der Waals surface area contributed by atoms with Crippen LogP contribution < -0.4 is 10.5 Å². The summed E-state index contributed by atoms with van der Waals surface area (Å²) in [4.78, 5) is 14.9. The minimum absolute atomic E-state index is 0. The molecule has 5 nitrogen and oxygen atoms in total. The van der Waals surface area contributed by atoms with Crippen LogP contribution in [0.5, 0.6) is 5.75 Å². The molecule has 0 saturated carbocycles. The number of nitrogens with zero attached hydrogens (tertiary/aromatic N) is 2. The van der Waals surface area contributed by atoms with Gasteiger partial charge >= 0.3 is 0 Å². The molecule has 0 spiro atoms. The third-order valence-electron chi connectivity index (χ3n) is 4.38. The van der Waals surface area contributed by atoms with Gasteiger partial charge in [0.05, 0.1) is 17.9 Å². The van der Waals surface area contributed by atoms with Crippen LogP contribution in [-0.2, 0) is 4.79 Å². The van der Waals surface area contributed by atoms with Crippen LogP contribution in [0, 0.1) is 25.5 Å². The van der Waals surface area contributed by atoms with E-state index in [-0.39, 0.29) is 47.6 Å². The summed E-state index contributed by atoms with van der Waals surface area (Å²) in [6.45, 7) is 3.77. The zero-order chi connectivity index (χ0) is 21.1. The molecule has 0 aliphatic rings. The quantitative estimate of drug-likeness (QED) is 0.500. The van der Waals surface area contributed by atoms with Gasteiger partial charge in [-0.05, 0) is 32.4 Å². The fraction of sp³-hybridized carbons (Fsp3) is 0.238. The number of nitrogens with two attached hydrogens (primary N) is 1. The molecule has 1 heterocycles. The summed E-state index contributed by atoms with van der Waals surface area (Å²) in [6, 6.07) is 9.61. The van der Waals surface area contributed by atoms with Crippen LogP contribution in [0.2, 0.25) is 5.15 Å².